The molecule has 1 aromatic carbocycles. The molecule has 2 unspecified atom stereocenters. The number of nitrogens with one attached hydrogen (secondary N) is 2. The van der Waals surface area contributed by atoms with E-state index in [9.17, 15) is 10.1 Å². The van der Waals surface area contributed by atoms with Crippen molar-refractivity contribution in [3.63, 3.8) is 0 Å². The van der Waals surface area contributed by atoms with Gasteiger partial charge in [0.15, 0.2) is 0 Å². The molecule has 0 aliphatic carbocycles. The second kappa shape index (κ2) is 7.26. The highest BCUT2D eigenvalue weighted by atomic mass is 16.5. The number of aromatic nitrogens is 1. The lowest BCUT2D eigenvalue weighted by atomic mass is 9.85. The molecule has 8 heteroatoms. The van der Waals surface area contributed by atoms with Gasteiger partial charge in [-0.05, 0) is 44.0 Å². The SMILES string of the molecule is COC(=O)Nc1cc2c(cn1)COc1c-2ccc(OCC2(C)CC(C)N2)c1C#N. The number of nitrogens with zero attached hydrogens (tertiary/aromatic N) is 2. The molecule has 0 bridgehead atoms. The van der Waals surface area contributed by atoms with Crippen molar-refractivity contribution in [1.82, 2.24) is 10.3 Å². The van der Waals surface area contributed by atoms with E-state index in [4.69, 9.17) is 9.47 Å². The Hall–Kier alpha value is -3.31. The van der Waals surface area contributed by atoms with Crippen molar-refractivity contribution in [1.29, 1.82) is 5.26 Å². The van der Waals surface area contributed by atoms with Gasteiger partial charge in [0, 0.05) is 23.4 Å². The first-order valence-corrected chi connectivity index (χ1v) is 9.37. The number of amides is 1. The monoisotopic (exact) mass is 394 g/mol. The van der Waals surface area contributed by atoms with Crippen LogP contribution >= 0.6 is 0 Å². The lowest BCUT2D eigenvalue weighted by molar-refractivity contribution is 0.0948. The highest BCUT2D eigenvalue weighted by molar-refractivity contribution is 5.86. The van der Waals surface area contributed by atoms with E-state index in [1.165, 1.54) is 7.11 Å². The number of ether oxygens (including phenoxy) is 3. The van der Waals surface area contributed by atoms with Crippen LogP contribution in [-0.2, 0) is 11.3 Å². The predicted molar refractivity (Wildman–Crippen MR) is 106 cm³/mol. The summed E-state index contributed by atoms with van der Waals surface area (Å²) in [5, 5.41) is 15.8. The molecular weight excluding hydrogens is 372 g/mol. The standard InChI is InChI=1S/C21H22N4O4/c1-12-7-21(2,25-12)11-29-17-5-4-14-15-6-18(24-20(26)27-3)23-9-13(15)10-28-19(14)16(17)8-22/h4-6,9,12,25H,7,10-11H2,1-3H3,(H,23,24,26). The largest absolute Gasteiger partial charge is 0.490 e. The van der Waals surface area contributed by atoms with Gasteiger partial charge < -0.3 is 19.5 Å². The topological polar surface area (TPSA) is 106 Å². The molecule has 1 aromatic heterocycles. The molecule has 2 aromatic rings. The van der Waals surface area contributed by atoms with E-state index in [0.29, 0.717) is 35.5 Å². The minimum Gasteiger partial charge on any atom is -0.490 e. The van der Waals surface area contributed by atoms with E-state index >= 15 is 0 Å². The van der Waals surface area contributed by atoms with Crippen LogP contribution in [0, 0.1) is 11.3 Å². The number of benzene rings is 1. The molecule has 0 saturated carbocycles. The Bertz CT molecular complexity index is 1010. The lowest BCUT2D eigenvalue weighted by Crippen LogP contribution is -2.63. The van der Waals surface area contributed by atoms with Gasteiger partial charge in [-0.2, -0.15) is 5.26 Å². The molecule has 2 aliphatic rings. The fourth-order valence-electron chi connectivity index (χ4n) is 3.96. The maximum absolute atomic E-state index is 11.5. The van der Waals surface area contributed by atoms with Crippen LogP contribution in [0.4, 0.5) is 10.6 Å². The number of rotatable bonds is 4. The van der Waals surface area contributed by atoms with Crippen molar-refractivity contribution in [2.45, 2.75) is 38.5 Å². The molecule has 1 saturated heterocycles. The summed E-state index contributed by atoms with van der Waals surface area (Å²) in [7, 11) is 1.29. The number of methoxy groups -OCH3 is 1. The maximum Gasteiger partial charge on any atom is 0.412 e. The van der Waals surface area contributed by atoms with Crippen LogP contribution in [0.25, 0.3) is 11.1 Å². The van der Waals surface area contributed by atoms with Gasteiger partial charge in [0.05, 0.1) is 12.6 Å². The van der Waals surface area contributed by atoms with Crippen molar-refractivity contribution in [3.8, 4) is 28.7 Å². The predicted octanol–water partition coefficient (Wildman–Crippen LogP) is 3.21. The van der Waals surface area contributed by atoms with E-state index in [1.807, 2.05) is 6.07 Å². The number of carbonyl (C=O) groups excluding carboxylic acids is 1. The Morgan fingerprint density at radius 3 is 2.97 bits per heavy atom. The zero-order valence-electron chi connectivity index (χ0n) is 16.5. The highest BCUT2D eigenvalue weighted by Gasteiger charge is 2.38. The summed E-state index contributed by atoms with van der Waals surface area (Å²) in [6, 6.07) is 8.09. The Morgan fingerprint density at radius 2 is 2.28 bits per heavy atom. The number of carbonyl (C=O) groups is 1. The maximum atomic E-state index is 11.5. The molecule has 2 N–H and O–H groups in total. The molecule has 4 rings (SSSR count). The van der Waals surface area contributed by atoms with Crippen LogP contribution < -0.4 is 20.1 Å². The van der Waals surface area contributed by atoms with Gasteiger partial charge in [-0.15, -0.1) is 0 Å². The van der Waals surface area contributed by atoms with Crippen molar-refractivity contribution < 1.29 is 19.0 Å². The van der Waals surface area contributed by atoms with Crippen LogP contribution in [0.1, 0.15) is 31.4 Å². The van der Waals surface area contributed by atoms with Gasteiger partial charge in [0.1, 0.15) is 42.2 Å². The summed E-state index contributed by atoms with van der Waals surface area (Å²) in [5.74, 6) is 1.34. The van der Waals surface area contributed by atoms with Crippen LogP contribution in [0.3, 0.4) is 0 Å². The number of pyridine rings is 1. The third-order valence-electron chi connectivity index (χ3n) is 5.19. The molecule has 1 fully saturated rings. The summed E-state index contributed by atoms with van der Waals surface area (Å²) in [5.41, 5.74) is 2.74. The number of nitriles is 1. The zero-order valence-corrected chi connectivity index (χ0v) is 16.5. The van der Waals surface area contributed by atoms with Gasteiger partial charge in [-0.1, -0.05) is 0 Å². The third-order valence-corrected chi connectivity index (χ3v) is 5.19. The fraction of sp³-hybridized carbons (Fsp3) is 0.381. The smallest absolute Gasteiger partial charge is 0.412 e. The summed E-state index contributed by atoms with van der Waals surface area (Å²) < 4.78 is 16.5. The molecule has 0 radical (unpaired) electrons. The zero-order chi connectivity index (χ0) is 20.6. The number of hydrogen-bond donors (Lipinski definition) is 2. The van der Waals surface area contributed by atoms with E-state index in [1.54, 1.807) is 18.3 Å². The molecule has 1 amide bonds. The summed E-state index contributed by atoms with van der Waals surface area (Å²) in [6.45, 7) is 4.99. The first kappa shape index (κ1) is 19.0. The van der Waals surface area contributed by atoms with E-state index in [-0.39, 0.29) is 12.1 Å². The normalized spacial score (nSPS) is 21.5. The second-order valence-electron chi connectivity index (χ2n) is 7.66. The van der Waals surface area contributed by atoms with Gasteiger partial charge in [-0.25, -0.2) is 9.78 Å². The molecule has 2 aliphatic heterocycles. The molecular formula is C21H22N4O4. The van der Waals surface area contributed by atoms with E-state index in [2.05, 4.69) is 40.3 Å². The quantitative estimate of drug-likeness (QED) is 0.820. The Morgan fingerprint density at radius 1 is 1.48 bits per heavy atom. The molecule has 3 heterocycles. The lowest BCUT2D eigenvalue weighted by Gasteiger charge is -2.45. The van der Waals surface area contributed by atoms with Crippen LogP contribution in [0.15, 0.2) is 24.4 Å². The number of anilines is 1. The minimum atomic E-state index is -0.599. The van der Waals surface area contributed by atoms with Crippen molar-refractivity contribution in [2.24, 2.45) is 0 Å². The molecule has 8 nitrogen and oxygen atoms in total. The second-order valence-corrected chi connectivity index (χ2v) is 7.66. The van der Waals surface area contributed by atoms with Gasteiger partial charge in [0.2, 0.25) is 0 Å². The molecule has 2 atom stereocenters. The first-order chi connectivity index (χ1) is 13.9. The first-order valence-electron chi connectivity index (χ1n) is 9.37. The summed E-state index contributed by atoms with van der Waals surface area (Å²) in [6.07, 6.45) is 2.07. The number of fused-ring (bicyclic) bond motifs is 3. The highest BCUT2D eigenvalue weighted by Crippen LogP contribution is 2.43. The van der Waals surface area contributed by atoms with Crippen molar-refractivity contribution in [3.05, 3.63) is 35.5 Å². The van der Waals surface area contributed by atoms with Crippen LogP contribution in [0.5, 0.6) is 11.5 Å². The van der Waals surface area contributed by atoms with Gasteiger partial charge >= 0.3 is 6.09 Å². The van der Waals surface area contributed by atoms with Gasteiger partial charge in [-0.3, -0.25) is 5.32 Å². The summed E-state index contributed by atoms with van der Waals surface area (Å²) in [4.78, 5) is 15.7. The fourth-order valence-corrected chi connectivity index (χ4v) is 3.96. The average Bonchev–Trinajstić information content (AvgIpc) is 2.70. The van der Waals surface area contributed by atoms with Crippen molar-refractivity contribution in [2.75, 3.05) is 19.0 Å². The van der Waals surface area contributed by atoms with Crippen LogP contribution in [0.2, 0.25) is 0 Å². The number of hydrogen-bond acceptors (Lipinski definition) is 7. The van der Waals surface area contributed by atoms with Crippen LogP contribution in [-0.4, -0.2) is 36.4 Å². The van der Waals surface area contributed by atoms with Gasteiger partial charge in [0.25, 0.3) is 0 Å². The molecule has 29 heavy (non-hydrogen) atoms. The Kier molecular flexibility index (Phi) is 4.76. The van der Waals surface area contributed by atoms with E-state index in [0.717, 1.165) is 23.1 Å². The van der Waals surface area contributed by atoms with Crippen molar-refractivity contribution >= 4 is 11.9 Å². The Labute approximate surface area is 168 Å². The molecule has 150 valence electrons. The van der Waals surface area contributed by atoms with E-state index < -0.39 is 6.09 Å². The average molecular weight is 394 g/mol. The summed E-state index contributed by atoms with van der Waals surface area (Å²) >= 11 is 0. The minimum absolute atomic E-state index is 0.0877. The third kappa shape index (κ3) is 3.57. The Balaban J connectivity index is 1.64. The molecule has 0 spiro atoms.